The first-order valence-electron chi connectivity index (χ1n) is 22.5. The number of esters is 2. The monoisotopic (exact) mass is 926 g/mol. The van der Waals surface area contributed by atoms with Crippen LogP contribution in [0.4, 0.5) is 0 Å². The zero-order valence-corrected chi connectivity index (χ0v) is 39.2. The van der Waals surface area contributed by atoms with E-state index in [1.165, 1.54) is 57.4 Å². The molecule has 0 amide bonds. The zero-order chi connectivity index (χ0) is 46.5. The topological polar surface area (TPSA) is 256 Å². The van der Waals surface area contributed by atoms with Crippen LogP contribution in [0.3, 0.4) is 0 Å². The van der Waals surface area contributed by atoms with E-state index >= 15 is 0 Å². The van der Waals surface area contributed by atoms with E-state index in [0.29, 0.717) is 6.42 Å². The molecular weight excluding hydrogens is 846 g/mol. The Hall–Kier alpha value is -2.04. The predicted octanol–water partition coefficient (Wildman–Crippen LogP) is 8.22. The van der Waals surface area contributed by atoms with E-state index in [4.69, 9.17) is 23.8 Å². The standard InChI is InChI=1S/C44H80O16P2/c1-4-5-20-27-38(45)28-22-17-14-15-18-23-29-41(47)42(48)30-25-32-43(49)56-35-40(36-59-62(54,55)58-34-39(46)33-57-61(51,52)53)60-44(50)31-24-19-13-11-9-7-6-8-10-12-16-21-26-37(2)3/h14-15,17-18,22-23,28-29,37-42,45-48H,4-13,16,19-21,24-27,30-36H2,1-3H3,(H,54,55)(H2,51,52,53)/b17-14-,18-15+,28-22+,29-23+/t38-,39+,40-,41-,42-/m1/s1. The summed E-state index contributed by atoms with van der Waals surface area (Å²) in [6.07, 6.45) is 26.2. The van der Waals surface area contributed by atoms with Crippen molar-refractivity contribution in [2.75, 3.05) is 26.4 Å². The van der Waals surface area contributed by atoms with Gasteiger partial charge in [-0.15, -0.1) is 0 Å². The van der Waals surface area contributed by atoms with Crippen molar-refractivity contribution < 1.29 is 76.9 Å². The molecule has 0 spiro atoms. The van der Waals surface area contributed by atoms with Gasteiger partial charge >= 0.3 is 27.6 Å². The highest BCUT2D eigenvalue weighted by atomic mass is 31.2. The Balaban J connectivity index is 4.81. The third-order valence-electron chi connectivity index (χ3n) is 9.51. The van der Waals surface area contributed by atoms with Gasteiger partial charge in [-0.05, 0) is 31.6 Å². The van der Waals surface area contributed by atoms with Crippen molar-refractivity contribution in [3.05, 3.63) is 48.6 Å². The van der Waals surface area contributed by atoms with Crippen molar-refractivity contribution in [2.24, 2.45) is 5.92 Å². The van der Waals surface area contributed by atoms with Crippen LogP contribution in [0.15, 0.2) is 48.6 Å². The number of hydrogen-bond donors (Lipinski definition) is 7. The molecule has 16 nitrogen and oxygen atoms in total. The number of allylic oxidation sites excluding steroid dienone is 6. The van der Waals surface area contributed by atoms with Crippen LogP contribution in [-0.4, -0.2) is 104 Å². The van der Waals surface area contributed by atoms with Crippen LogP contribution in [0.25, 0.3) is 0 Å². The van der Waals surface area contributed by atoms with E-state index in [1.807, 2.05) is 0 Å². The maximum absolute atomic E-state index is 12.7. The molecule has 362 valence electrons. The van der Waals surface area contributed by atoms with Crippen molar-refractivity contribution in [3.63, 3.8) is 0 Å². The van der Waals surface area contributed by atoms with Gasteiger partial charge in [-0.3, -0.25) is 23.2 Å². The van der Waals surface area contributed by atoms with E-state index in [-0.39, 0.29) is 25.7 Å². The fourth-order valence-electron chi connectivity index (χ4n) is 5.92. The van der Waals surface area contributed by atoms with Gasteiger partial charge in [-0.1, -0.05) is 166 Å². The van der Waals surface area contributed by atoms with E-state index < -0.39 is 84.5 Å². The third kappa shape index (κ3) is 40.7. The Kier molecular flexibility index (Phi) is 37.0. The SMILES string of the molecule is CCCCC[C@@H](O)/C=C/C=C\C=C\C=C\[C@@H](O)[C@H](O)CCCC(=O)OC[C@H](COP(=O)(O)OC[C@@H](O)COP(=O)(O)O)OC(=O)CCCCCCCCCCCCCCC(C)C. The van der Waals surface area contributed by atoms with E-state index in [0.717, 1.165) is 57.3 Å². The molecule has 0 aliphatic heterocycles. The molecule has 0 aromatic heterocycles. The molecule has 0 saturated carbocycles. The second kappa shape index (κ2) is 38.3. The molecule has 0 aromatic rings. The molecule has 1 unspecified atom stereocenters. The molecule has 0 fully saturated rings. The first-order valence-corrected chi connectivity index (χ1v) is 25.5. The lowest BCUT2D eigenvalue weighted by atomic mass is 10.0. The molecular formula is C44H80O16P2. The lowest BCUT2D eigenvalue weighted by Crippen LogP contribution is -2.30. The molecule has 0 saturated heterocycles. The Morgan fingerprint density at radius 3 is 1.63 bits per heavy atom. The molecule has 0 heterocycles. The largest absolute Gasteiger partial charge is 0.472 e. The number of carbonyl (C=O) groups is 2. The Morgan fingerprint density at radius 1 is 0.548 bits per heavy atom. The lowest BCUT2D eigenvalue weighted by Gasteiger charge is -2.20. The highest BCUT2D eigenvalue weighted by Gasteiger charge is 2.28. The van der Waals surface area contributed by atoms with Crippen LogP contribution in [0.1, 0.15) is 156 Å². The second-order valence-electron chi connectivity index (χ2n) is 16.0. The molecule has 6 atom stereocenters. The smallest absolute Gasteiger partial charge is 0.462 e. The van der Waals surface area contributed by atoms with Crippen LogP contribution in [0.5, 0.6) is 0 Å². The zero-order valence-electron chi connectivity index (χ0n) is 37.5. The number of unbranched alkanes of at least 4 members (excludes halogenated alkanes) is 13. The number of carbonyl (C=O) groups excluding carboxylic acids is 2. The van der Waals surface area contributed by atoms with Crippen LogP contribution in [0.2, 0.25) is 0 Å². The normalized spacial score (nSPS) is 16.0. The summed E-state index contributed by atoms with van der Waals surface area (Å²) in [5.41, 5.74) is 0. The van der Waals surface area contributed by atoms with Crippen LogP contribution in [0, 0.1) is 5.92 Å². The molecule has 18 heteroatoms. The van der Waals surface area contributed by atoms with Gasteiger partial charge in [0.05, 0.1) is 38.1 Å². The minimum atomic E-state index is -4.90. The fraction of sp³-hybridized carbons (Fsp3) is 0.773. The van der Waals surface area contributed by atoms with Gasteiger partial charge < -0.3 is 44.6 Å². The number of ether oxygens (including phenoxy) is 2. The molecule has 0 aliphatic rings. The van der Waals surface area contributed by atoms with Crippen molar-refractivity contribution in [1.29, 1.82) is 0 Å². The van der Waals surface area contributed by atoms with E-state index in [2.05, 4.69) is 29.8 Å². The summed E-state index contributed by atoms with van der Waals surface area (Å²) < 4.78 is 47.6. The fourth-order valence-corrected chi connectivity index (χ4v) is 7.07. The average molecular weight is 927 g/mol. The summed E-state index contributed by atoms with van der Waals surface area (Å²) >= 11 is 0. The summed E-state index contributed by atoms with van der Waals surface area (Å²) in [4.78, 5) is 52.8. The molecule has 0 aromatic carbocycles. The quantitative estimate of drug-likeness (QED) is 0.0132. The van der Waals surface area contributed by atoms with Crippen molar-refractivity contribution in [2.45, 2.75) is 186 Å². The van der Waals surface area contributed by atoms with Crippen LogP contribution < -0.4 is 0 Å². The first-order chi connectivity index (χ1) is 29.4. The van der Waals surface area contributed by atoms with Gasteiger partial charge in [-0.2, -0.15) is 0 Å². The number of phosphoric ester groups is 2. The number of aliphatic hydroxyl groups is 4. The third-order valence-corrected chi connectivity index (χ3v) is 10.9. The van der Waals surface area contributed by atoms with Crippen molar-refractivity contribution in [1.82, 2.24) is 0 Å². The minimum Gasteiger partial charge on any atom is -0.462 e. The molecule has 0 rings (SSSR count). The van der Waals surface area contributed by atoms with Gasteiger partial charge in [0.2, 0.25) is 0 Å². The van der Waals surface area contributed by atoms with Gasteiger partial charge in [0, 0.05) is 12.8 Å². The molecule has 0 radical (unpaired) electrons. The Bertz CT molecular complexity index is 1350. The van der Waals surface area contributed by atoms with Gasteiger partial charge in [0.1, 0.15) is 12.7 Å². The predicted molar refractivity (Wildman–Crippen MR) is 239 cm³/mol. The average Bonchev–Trinajstić information content (AvgIpc) is 3.20. The van der Waals surface area contributed by atoms with Gasteiger partial charge in [0.25, 0.3) is 0 Å². The molecule has 0 aliphatic carbocycles. The number of phosphoric acid groups is 2. The van der Waals surface area contributed by atoms with Crippen molar-refractivity contribution >= 4 is 27.6 Å². The number of hydrogen-bond acceptors (Lipinski definition) is 13. The minimum absolute atomic E-state index is 0.0586. The summed E-state index contributed by atoms with van der Waals surface area (Å²) in [7, 11) is -9.79. The molecule has 62 heavy (non-hydrogen) atoms. The highest BCUT2D eigenvalue weighted by molar-refractivity contribution is 7.47. The Labute approximate surface area is 370 Å². The van der Waals surface area contributed by atoms with Crippen molar-refractivity contribution in [3.8, 4) is 0 Å². The lowest BCUT2D eigenvalue weighted by molar-refractivity contribution is -0.161. The summed E-state index contributed by atoms with van der Waals surface area (Å²) in [6.45, 7) is 3.57. The van der Waals surface area contributed by atoms with Crippen LogP contribution in [-0.2, 0) is 41.8 Å². The summed E-state index contributed by atoms with van der Waals surface area (Å²) in [5, 5.41) is 40.2. The number of aliphatic hydroxyl groups excluding tert-OH is 4. The van der Waals surface area contributed by atoms with Gasteiger partial charge in [0.15, 0.2) is 6.10 Å². The maximum Gasteiger partial charge on any atom is 0.472 e. The summed E-state index contributed by atoms with van der Waals surface area (Å²) in [5.74, 6) is -0.588. The van der Waals surface area contributed by atoms with E-state index in [1.54, 1.807) is 42.5 Å². The maximum atomic E-state index is 12.7. The summed E-state index contributed by atoms with van der Waals surface area (Å²) in [6, 6.07) is 0. The van der Waals surface area contributed by atoms with E-state index in [9.17, 15) is 44.0 Å². The molecule has 0 bridgehead atoms. The first kappa shape index (κ1) is 60.0. The highest BCUT2D eigenvalue weighted by Crippen LogP contribution is 2.43. The second-order valence-corrected chi connectivity index (χ2v) is 18.7. The number of rotatable bonds is 41. The van der Waals surface area contributed by atoms with Gasteiger partial charge in [-0.25, -0.2) is 9.13 Å². The van der Waals surface area contributed by atoms with Crippen LogP contribution >= 0.6 is 15.6 Å². The Morgan fingerprint density at radius 2 is 1.05 bits per heavy atom. The molecule has 7 N–H and O–H groups in total.